The fourth-order valence-corrected chi connectivity index (χ4v) is 0.901. The molecule has 0 aliphatic heterocycles. The Bertz CT molecular complexity index is 211. The molecule has 0 bridgehead atoms. The molecule has 5 heteroatoms. The quantitative estimate of drug-likeness (QED) is 0.409. The van der Waals surface area contributed by atoms with E-state index in [0.29, 0.717) is 17.5 Å². The summed E-state index contributed by atoms with van der Waals surface area (Å²) in [6.45, 7) is 3.36. The van der Waals surface area contributed by atoms with Crippen molar-refractivity contribution in [3.63, 3.8) is 0 Å². The first-order valence-corrected chi connectivity index (χ1v) is 4.30. The standard InChI is InChI=1S/C9H17N2O2.BrH/c1-9(12)13-8-7-11(2,3)6-4-5-10;/h4,6-8H2,1-3H3;1H/q+1;/p-1. The van der Waals surface area contributed by atoms with Gasteiger partial charge in [0.15, 0.2) is 0 Å². The summed E-state index contributed by atoms with van der Waals surface area (Å²) in [5.74, 6) is -0.250. The third-order valence-electron chi connectivity index (χ3n) is 1.83. The summed E-state index contributed by atoms with van der Waals surface area (Å²) in [7, 11) is 4.03. The Labute approximate surface area is 95.8 Å². The molecule has 14 heavy (non-hydrogen) atoms. The van der Waals surface area contributed by atoms with Crippen LogP contribution in [0.5, 0.6) is 0 Å². The number of nitrogens with zero attached hydrogens (tertiary/aromatic N) is 2. The normalized spacial score (nSPS) is 9.86. The van der Waals surface area contributed by atoms with Crippen molar-refractivity contribution >= 4 is 5.97 Å². The lowest BCUT2D eigenvalue weighted by Gasteiger charge is -2.28. The topological polar surface area (TPSA) is 50.1 Å². The summed E-state index contributed by atoms with van der Waals surface area (Å²) in [6.07, 6.45) is 0.535. The van der Waals surface area contributed by atoms with E-state index in [9.17, 15) is 4.79 Å². The first kappa shape index (κ1) is 15.9. The van der Waals surface area contributed by atoms with Gasteiger partial charge in [-0.1, -0.05) is 0 Å². The monoisotopic (exact) mass is 264 g/mol. The Hall–Kier alpha value is -0.600. The number of hydrogen-bond donors (Lipinski definition) is 0. The molecule has 0 aromatic heterocycles. The second-order valence-corrected chi connectivity index (χ2v) is 3.63. The molecule has 0 saturated carbocycles. The maximum absolute atomic E-state index is 10.5. The molecule has 0 amide bonds. The molecule has 0 saturated heterocycles. The molecule has 82 valence electrons. The number of ether oxygens (including phenoxy) is 1. The van der Waals surface area contributed by atoms with E-state index in [0.717, 1.165) is 13.1 Å². The SMILES string of the molecule is CC(=O)OCC[N+](C)(C)CCC#N.[Br-]. The van der Waals surface area contributed by atoms with Crippen LogP contribution in [0.3, 0.4) is 0 Å². The smallest absolute Gasteiger partial charge is 0.302 e. The van der Waals surface area contributed by atoms with Crippen molar-refractivity contribution < 1.29 is 31.0 Å². The van der Waals surface area contributed by atoms with E-state index in [-0.39, 0.29) is 23.0 Å². The van der Waals surface area contributed by atoms with Gasteiger partial charge in [0, 0.05) is 6.92 Å². The van der Waals surface area contributed by atoms with Crippen molar-refractivity contribution in [2.24, 2.45) is 0 Å². The summed E-state index contributed by atoms with van der Waals surface area (Å²) in [5.41, 5.74) is 0. The first-order chi connectivity index (χ1) is 5.98. The molecule has 0 aromatic carbocycles. The van der Waals surface area contributed by atoms with Crippen LogP contribution in [0.1, 0.15) is 13.3 Å². The van der Waals surface area contributed by atoms with Crippen molar-refractivity contribution in [3.8, 4) is 6.07 Å². The number of carbonyl (C=O) groups excluding carboxylic acids is 1. The number of rotatable bonds is 5. The highest BCUT2D eigenvalue weighted by atomic mass is 79.9. The summed E-state index contributed by atoms with van der Waals surface area (Å²) in [5, 5.41) is 8.40. The van der Waals surface area contributed by atoms with Crippen molar-refractivity contribution in [3.05, 3.63) is 0 Å². The van der Waals surface area contributed by atoms with Gasteiger partial charge in [0.2, 0.25) is 0 Å². The van der Waals surface area contributed by atoms with Crippen molar-refractivity contribution in [2.75, 3.05) is 33.8 Å². The lowest BCUT2D eigenvalue weighted by molar-refractivity contribution is -0.890. The lowest BCUT2D eigenvalue weighted by atomic mass is 10.3. The third-order valence-corrected chi connectivity index (χ3v) is 1.83. The van der Waals surface area contributed by atoms with E-state index in [1.54, 1.807) is 0 Å². The maximum Gasteiger partial charge on any atom is 0.302 e. The maximum atomic E-state index is 10.5. The van der Waals surface area contributed by atoms with Crippen LogP contribution in [0, 0.1) is 11.3 Å². The van der Waals surface area contributed by atoms with E-state index in [1.807, 2.05) is 14.1 Å². The molecule has 0 aliphatic rings. The molecular formula is C9H17BrN2O2. The molecule has 0 spiro atoms. The largest absolute Gasteiger partial charge is 1.00 e. The van der Waals surface area contributed by atoms with E-state index >= 15 is 0 Å². The molecule has 4 nitrogen and oxygen atoms in total. The molecule has 0 rings (SSSR count). The summed E-state index contributed by atoms with van der Waals surface area (Å²) in [4.78, 5) is 10.5. The van der Waals surface area contributed by atoms with Gasteiger partial charge in [0.05, 0.1) is 33.1 Å². The van der Waals surface area contributed by atoms with E-state index in [2.05, 4.69) is 6.07 Å². The van der Waals surface area contributed by atoms with Crippen LogP contribution < -0.4 is 17.0 Å². The zero-order valence-corrected chi connectivity index (χ0v) is 10.5. The Morgan fingerprint density at radius 2 is 2.00 bits per heavy atom. The van der Waals surface area contributed by atoms with Crippen molar-refractivity contribution in [2.45, 2.75) is 13.3 Å². The van der Waals surface area contributed by atoms with E-state index in [4.69, 9.17) is 10.00 Å². The number of carbonyl (C=O) groups is 1. The summed E-state index contributed by atoms with van der Waals surface area (Å²) in [6, 6.07) is 2.10. The van der Waals surface area contributed by atoms with Crippen LogP contribution in [0.25, 0.3) is 0 Å². The van der Waals surface area contributed by atoms with Crippen LogP contribution in [0.4, 0.5) is 0 Å². The third kappa shape index (κ3) is 9.49. The van der Waals surface area contributed by atoms with Crippen molar-refractivity contribution in [1.82, 2.24) is 0 Å². The average molecular weight is 265 g/mol. The number of hydrogen-bond acceptors (Lipinski definition) is 3. The molecule has 0 atom stereocenters. The van der Waals surface area contributed by atoms with Gasteiger partial charge < -0.3 is 26.2 Å². The number of esters is 1. The van der Waals surface area contributed by atoms with E-state index in [1.165, 1.54) is 6.92 Å². The van der Waals surface area contributed by atoms with Gasteiger partial charge >= 0.3 is 5.97 Å². The average Bonchev–Trinajstić information content (AvgIpc) is 2.00. The number of likely N-dealkylation sites (N-methyl/N-ethyl adjacent to an activating group) is 1. The zero-order valence-electron chi connectivity index (χ0n) is 8.92. The number of halogens is 1. The minimum Gasteiger partial charge on any atom is -1.00 e. The molecule has 0 N–H and O–H groups in total. The van der Waals surface area contributed by atoms with E-state index < -0.39 is 0 Å². The Morgan fingerprint density at radius 1 is 1.43 bits per heavy atom. The predicted octanol–water partition coefficient (Wildman–Crippen LogP) is -2.46. The first-order valence-electron chi connectivity index (χ1n) is 4.30. The van der Waals surface area contributed by atoms with Gasteiger partial charge in [-0.3, -0.25) is 4.79 Å². The molecule has 0 aliphatic carbocycles. The van der Waals surface area contributed by atoms with Gasteiger partial charge in [-0.15, -0.1) is 0 Å². The van der Waals surface area contributed by atoms with Crippen LogP contribution >= 0.6 is 0 Å². The highest BCUT2D eigenvalue weighted by Gasteiger charge is 2.14. The van der Waals surface area contributed by atoms with Crippen LogP contribution in [-0.2, 0) is 9.53 Å². The van der Waals surface area contributed by atoms with Crippen LogP contribution in [-0.4, -0.2) is 44.2 Å². The highest BCUT2D eigenvalue weighted by Crippen LogP contribution is 1.98. The molecule has 0 heterocycles. The predicted molar refractivity (Wildman–Crippen MR) is 48.7 cm³/mol. The lowest BCUT2D eigenvalue weighted by Crippen LogP contribution is -3.00. The number of quaternary nitrogens is 1. The zero-order chi connectivity index (χ0) is 10.3. The molecular weight excluding hydrogens is 248 g/mol. The Kier molecular flexibility index (Phi) is 8.80. The fourth-order valence-electron chi connectivity index (χ4n) is 0.901. The van der Waals surface area contributed by atoms with Gasteiger partial charge in [-0.2, -0.15) is 5.26 Å². The molecule has 0 unspecified atom stereocenters. The Morgan fingerprint density at radius 3 is 2.43 bits per heavy atom. The van der Waals surface area contributed by atoms with Crippen molar-refractivity contribution in [1.29, 1.82) is 5.26 Å². The second-order valence-electron chi connectivity index (χ2n) is 3.63. The second kappa shape index (κ2) is 7.77. The van der Waals surface area contributed by atoms with Gasteiger partial charge in [-0.25, -0.2) is 0 Å². The van der Waals surface area contributed by atoms with Crippen LogP contribution in [0.2, 0.25) is 0 Å². The minimum atomic E-state index is -0.250. The van der Waals surface area contributed by atoms with Crippen LogP contribution in [0.15, 0.2) is 0 Å². The highest BCUT2D eigenvalue weighted by molar-refractivity contribution is 5.65. The fraction of sp³-hybridized carbons (Fsp3) is 0.778. The van der Waals surface area contributed by atoms with Gasteiger partial charge in [-0.05, 0) is 0 Å². The minimum absolute atomic E-state index is 0. The summed E-state index contributed by atoms with van der Waals surface area (Å²) >= 11 is 0. The number of nitriles is 1. The molecule has 0 radical (unpaired) electrons. The molecule has 0 aromatic rings. The van der Waals surface area contributed by atoms with Gasteiger partial charge in [0.1, 0.15) is 13.2 Å². The molecule has 0 fully saturated rings. The summed E-state index contributed by atoms with van der Waals surface area (Å²) < 4.78 is 5.53. The van der Waals surface area contributed by atoms with Gasteiger partial charge in [0.25, 0.3) is 0 Å². The Balaban J connectivity index is 0.